The van der Waals surface area contributed by atoms with Crippen molar-refractivity contribution in [3.8, 4) is 0 Å². The van der Waals surface area contributed by atoms with Crippen molar-refractivity contribution in [2.75, 3.05) is 0 Å². The zero-order valence-corrected chi connectivity index (χ0v) is 9.79. The predicted octanol–water partition coefficient (Wildman–Crippen LogP) is 2.70. The Morgan fingerprint density at radius 1 is 1.50 bits per heavy atom. The third-order valence-corrected chi connectivity index (χ3v) is 3.11. The van der Waals surface area contributed by atoms with Crippen LogP contribution in [0.4, 0.5) is 0 Å². The van der Waals surface area contributed by atoms with Gasteiger partial charge in [0, 0.05) is 17.3 Å². The fourth-order valence-electron chi connectivity index (χ4n) is 1.48. The summed E-state index contributed by atoms with van der Waals surface area (Å²) in [4.78, 5) is 12.9. The van der Waals surface area contributed by atoms with Gasteiger partial charge in [-0.05, 0) is 30.5 Å². The highest BCUT2D eigenvalue weighted by atomic mass is 32.1. The molecule has 0 fully saturated rings. The minimum atomic E-state index is -0.158. The summed E-state index contributed by atoms with van der Waals surface area (Å²) in [5.41, 5.74) is 0. The third-order valence-electron chi connectivity index (χ3n) is 2.21. The zero-order valence-electron chi connectivity index (χ0n) is 8.97. The largest absolute Gasteiger partial charge is 0.459 e. The summed E-state index contributed by atoms with van der Waals surface area (Å²) in [6.07, 6.45) is 2.35. The van der Waals surface area contributed by atoms with Gasteiger partial charge in [0.2, 0.25) is 0 Å². The topological polar surface area (TPSA) is 42.2 Å². The van der Waals surface area contributed by atoms with Crippen LogP contribution in [0.2, 0.25) is 0 Å². The van der Waals surface area contributed by atoms with Crippen molar-refractivity contribution in [3.05, 3.63) is 46.5 Å². The summed E-state index contributed by atoms with van der Waals surface area (Å²) in [5, 5.41) is 4.93. The van der Waals surface area contributed by atoms with Gasteiger partial charge in [0.1, 0.15) is 0 Å². The second-order valence-corrected chi connectivity index (χ2v) is 4.67. The standard InChI is InChI=1S/C12H13NO2S/c1-9(8-10-4-3-7-16-10)13-12(14)11-5-2-6-15-11/h2-7,9H,8H2,1H3,(H,13,14)/t9-/m1/s1. The smallest absolute Gasteiger partial charge is 0.287 e. The van der Waals surface area contributed by atoms with Crippen molar-refractivity contribution in [1.82, 2.24) is 5.32 Å². The summed E-state index contributed by atoms with van der Waals surface area (Å²) in [7, 11) is 0. The first-order valence-electron chi connectivity index (χ1n) is 5.12. The predicted molar refractivity (Wildman–Crippen MR) is 63.7 cm³/mol. The number of carbonyl (C=O) groups excluding carboxylic acids is 1. The molecule has 2 heterocycles. The molecular formula is C12H13NO2S. The van der Waals surface area contributed by atoms with Gasteiger partial charge in [-0.15, -0.1) is 11.3 Å². The molecule has 0 unspecified atom stereocenters. The first-order chi connectivity index (χ1) is 7.75. The first-order valence-corrected chi connectivity index (χ1v) is 6.00. The Bertz CT molecular complexity index is 434. The summed E-state index contributed by atoms with van der Waals surface area (Å²) < 4.78 is 5.02. The Hall–Kier alpha value is -1.55. The Morgan fingerprint density at radius 3 is 3.00 bits per heavy atom. The van der Waals surface area contributed by atoms with Crippen molar-refractivity contribution >= 4 is 17.2 Å². The minimum Gasteiger partial charge on any atom is -0.459 e. The van der Waals surface area contributed by atoms with Crippen LogP contribution in [0.1, 0.15) is 22.4 Å². The van der Waals surface area contributed by atoms with Gasteiger partial charge in [-0.1, -0.05) is 6.07 Å². The number of nitrogens with one attached hydrogen (secondary N) is 1. The second-order valence-electron chi connectivity index (χ2n) is 3.64. The molecule has 3 nitrogen and oxygen atoms in total. The highest BCUT2D eigenvalue weighted by Crippen LogP contribution is 2.11. The molecule has 0 radical (unpaired) electrons. The Kier molecular flexibility index (Phi) is 3.41. The maximum Gasteiger partial charge on any atom is 0.287 e. The molecule has 4 heteroatoms. The maximum absolute atomic E-state index is 11.6. The first kappa shape index (κ1) is 11.0. The van der Waals surface area contributed by atoms with Crippen molar-refractivity contribution in [1.29, 1.82) is 0 Å². The number of hydrogen-bond acceptors (Lipinski definition) is 3. The van der Waals surface area contributed by atoms with E-state index in [0.717, 1.165) is 6.42 Å². The van der Waals surface area contributed by atoms with Gasteiger partial charge in [-0.25, -0.2) is 0 Å². The molecular weight excluding hydrogens is 222 g/mol. The van der Waals surface area contributed by atoms with Crippen molar-refractivity contribution in [2.45, 2.75) is 19.4 Å². The molecule has 2 rings (SSSR count). The number of furan rings is 1. The van der Waals surface area contributed by atoms with E-state index in [9.17, 15) is 4.79 Å². The van der Waals surface area contributed by atoms with E-state index in [1.54, 1.807) is 23.5 Å². The van der Waals surface area contributed by atoms with Crippen LogP contribution in [0.25, 0.3) is 0 Å². The monoisotopic (exact) mass is 235 g/mol. The number of carbonyl (C=O) groups is 1. The number of hydrogen-bond donors (Lipinski definition) is 1. The van der Waals surface area contributed by atoms with Crippen LogP contribution in [-0.2, 0) is 6.42 Å². The molecule has 0 saturated carbocycles. The van der Waals surface area contributed by atoms with Crippen molar-refractivity contribution < 1.29 is 9.21 Å². The molecule has 2 aromatic rings. The molecule has 0 bridgehead atoms. The number of thiophene rings is 1. The van der Waals surface area contributed by atoms with E-state index in [1.807, 2.05) is 18.4 Å². The van der Waals surface area contributed by atoms with Crippen LogP contribution < -0.4 is 5.32 Å². The summed E-state index contributed by atoms with van der Waals surface area (Å²) >= 11 is 1.70. The van der Waals surface area contributed by atoms with Crippen LogP contribution >= 0.6 is 11.3 Å². The number of amides is 1. The lowest BCUT2D eigenvalue weighted by Crippen LogP contribution is -2.33. The van der Waals surface area contributed by atoms with E-state index in [0.29, 0.717) is 5.76 Å². The van der Waals surface area contributed by atoms with Gasteiger partial charge in [-0.3, -0.25) is 4.79 Å². The van der Waals surface area contributed by atoms with Crippen LogP contribution in [0.15, 0.2) is 40.3 Å². The minimum absolute atomic E-state index is 0.108. The van der Waals surface area contributed by atoms with Gasteiger partial charge in [0.25, 0.3) is 5.91 Å². The van der Waals surface area contributed by atoms with E-state index in [-0.39, 0.29) is 11.9 Å². The van der Waals surface area contributed by atoms with Crippen LogP contribution in [-0.4, -0.2) is 11.9 Å². The molecule has 0 spiro atoms. The fraction of sp³-hybridized carbons (Fsp3) is 0.250. The molecule has 0 aliphatic heterocycles. The molecule has 84 valence electrons. The van der Waals surface area contributed by atoms with E-state index in [1.165, 1.54) is 11.1 Å². The SMILES string of the molecule is C[C@H](Cc1cccs1)NC(=O)c1ccco1. The van der Waals surface area contributed by atoms with E-state index >= 15 is 0 Å². The molecule has 0 aliphatic carbocycles. The van der Waals surface area contributed by atoms with E-state index < -0.39 is 0 Å². The summed E-state index contributed by atoms with van der Waals surface area (Å²) in [5.74, 6) is 0.201. The van der Waals surface area contributed by atoms with Gasteiger partial charge < -0.3 is 9.73 Å². The fourth-order valence-corrected chi connectivity index (χ4v) is 2.32. The third kappa shape index (κ3) is 2.73. The van der Waals surface area contributed by atoms with E-state index in [4.69, 9.17) is 4.42 Å². The summed E-state index contributed by atoms with van der Waals surface area (Å²) in [6.45, 7) is 1.99. The highest BCUT2D eigenvalue weighted by Gasteiger charge is 2.12. The van der Waals surface area contributed by atoms with Crippen molar-refractivity contribution in [2.24, 2.45) is 0 Å². The van der Waals surface area contributed by atoms with Crippen molar-refractivity contribution in [3.63, 3.8) is 0 Å². The number of rotatable bonds is 4. The Balaban J connectivity index is 1.88. The molecule has 1 amide bonds. The van der Waals surface area contributed by atoms with Gasteiger partial charge in [-0.2, -0.15) is 0 Å². The molecule has 0 aromatic carbocycles. The van der Waals surface area contributed by atoms with Gasteiger partial charge in [0.05, 0.1) is 6.26 Å². The summed E-state index contributed by atoms with van der Waals surface area (Å²) in [6, 6.07) is 7.56. The Labute approximate surface area is 98.1 Å². The Morgan fingerprint density at radius 2 is 2.38 bits per heavy atom. The van der Waals surface area contributed by atoms with Gasteiger partial charge >= 0.3 is 0 Å². The molecule has 0 aliphatic rings. The lowest BCUT2D eigenvalue weighted by atomic mass is 10.2. The molecule has 0 saturated heterocycles. The lowest BCUT2D eigenvalue weighted by Gasteiger charge is -2.11. The average molecular weight is 235 g/mol. The highest BCUT2D eigenvalue weighted by molar-refractivity contribution is 7.09. The van der Waals surface area contributed by atoms with Crippen LogP contribution in [0, 0.1) is 0 Å². The van der Waals surface area contributed by atoms with E-state index in [2.05, 4.69) is 11.4 Å². The zero-order chi connectivity index (χ0) is 11.4. The molecule has 2 aromatic heterocycles. The molecule has 16 heavy (non-hydrogen) atoms. The van der Waals surface area contributed by atoms with Gasteiger partial charge in [0.15, 0.2) is 5.76 Å². The molecule has 1 atom stereocenters. The normalized spacial score (nSPS) is 12.3. The lowest BCUT2D eigenvalue weighted by molar-refractivity contribution is 0.0912. The second kappa shape index (κ2) is 4.99. The molecule has 1 N–H and O–H groups in total. The van der Waals surface area contributed by atoms with Crippen LogP contribution in [0.5, 0.6) is 0 Å². The average Bonchev–Trinajstić information content (AvgIpc) is 2.88. The quantitative estimate of drug-likeness (QED) is 0.885. The maximum atomic E-state index is 11.6. The van der Waals surface area contributed by atoms with Crippen LogP contribution in [0.3, 0.4) is 0 Å².